The van der Waals surface area contributed by atoms with Crippen molar-refractivity contribution in [1.82, 2.24) is 9.97 Å². The van der Waals surface area contributed by atoms with E-state index in [1.54, 1.807) is 0 Å². The first-order valence-electron chi connectivity index (χ1n) is 20.2. The Balaban J connectivity index is 0.997. The third kappa shape index (κ3) is 5.85. The molecule has 4 heteroatoms. The van der Waals surface area contributed by atoms with Gasteiger partial charge in [0.05, 0.1) is 11.4 Å². The molecule has 4 nitrogen and oxygen atoms in total. The van der Waals surface area contributed by atoms with Crippen molar-refractivity contribution in [3.63, 3.8) is 0 Å². The third-order valence-electron chi connectivity index (χ3n) is 11.7. The lowest BCUT2D eigenvalue weighted by Gasteiger charge is -2.13. The van der Waals surface area contributed by atoms with Crippen molar-refractivity contribution < 1.29 is 8.83 Å². The topological polar surface area (TPSA) is 52.1 Å². The molecule has 0 aliphatic heterocycles. The molecule has 60 heavy (non-hydrogen) atoms. The van der Waals surface area contributed by atoms with Gasteiger partial charge in [0.15, 0.2) is 5.82 Å². The lowest BCUT2D eigenvalue weighted by Crippen LogP contribution is -1.96. The lowest BCUT2D eigenvalue weighted by molar-refractivity contribution is 0.668. The first kappa shape index (κ1) is 34.0. The number of para-hydroxylation sites is 2. The summed E-state index contributed by atoms with van der Waals surface area (Å²) in [5.41, 5.74) is 15.1. The Morgan fingerprint density at radius 2 is 0.750 bits per heavy atom. The van der Waals surface area contributed by atoms with Gasteiger partial charge in [-0.15, -0.1) is 0 Å². The van der Waals surface area contributed by atoms with Crippen molar-refractivity contribution in [3.05, 3.63) is 206 Å². The zero-order valence-electron chi connectivity index (χ0n) is 32.3. The van der Waals surface area contributed by atoms with E-state index < -0.39 is 0 Å². The number of hydrogen-bond donors (Lipinski definition) is 0. The quantitative estimate of drug-likeness (QED) is 0.169. The van der Waals surface area contributed by atoms with Gasteiger partial charge in [0.2, 0.25) is 0 Å². The Kier molecular flexibility index (Phi) is 7.82. The van der Waals surface area contributed by atoms with Gasteiger partial charge in [-0.05, 0) is 105 Å². The summed E-state index contributed by atoms with van der Waals surface area (Å²) >= 11 is 0. The van der Waals surface area contributed by atoms with Gasteiger partial charge in [-0.25, -0.2) is 9.97 Å². The zero-order chi connectivity index (χ0) is 39.6. The van der Waals surface area contributed by atoms with E-state index in [-0.39, 0.29) is 0 Å². The normalized spacial score (nSPS) is 11.7. The zero-order valence-corrected chi connectivity index (χ0v) is 32.3. The summed E-state index contributed by atoms with van der Waals surface area (Å²) in [6, 6.07) is 72.4. The molecule has 0 bridgehead atoms. The summed E-state index contributed by atoms with van der Waals surface area (Å²) < 4.78 is 12.4. The second kappa shape index (κ2) is 13.8. The Labute approximate surface area is 345 Å². The maximum absolute atomic E-state index is 6.21. The Morgan fingerprint density at radius 3 is 1.40 bits per heavy atom. The fourth-order valence-electron chi connectivity index (χ4n) is 8.67. The monoisotopic (exact) mass is 766 g/mol. The number of rotatable bonds is 6. The highest BCUT2D eigenvalue weighted by molar-refractivity contribution is 6.08. The van der Waals surface area contributed by atoms with Gasteiger partial charge in [0.25, 0.3) is 0 Å². The first-order valence-corrected chi connectivity index (χ1v) is 20.2. The SMILES string of the molecule is c1ccc(-c2nc(-c3ccc(-c4cc(-c5ccc6oc7ccccc7c6c5)cc(-c5ccc6oc7ccccc7c6c5)c4)cc3)cc(-c3cccc4ccccc34)n2)cc1. The number of hydrogen-bond acceptors (Lipinski definition) is 4. The van der Waals surface area contributed by atoms with Gasteiger partial charge >= 0.3 is 0 Å². The molecule has 0 aliphatic carbocycles. The summed E-state index contributed by atoms with van der Waals surface area (Å²) in [5, 5.41) is 6.78. The molecule has 0 radical (unpaired) electrons. The van der Waals surface area contributed by atoms with E-state index in [0.717, 1.165) is 111 Å². The number of nitrogens with zero attached hydrogens (tertiary/aromatic N) is 2. The lowest BCUT2D eigenvalue weighted by atomic mass is 9.92. The molecule has 0 N–H and O–H groups in total. The Hall–Kier alpha value is -8.08. The van der Waals surface area contributed by atoms with Crippen molar-refractivity contribution in [3.8, 4) is 67.3 Å². The predicted molar refractivity (Wildman–Crippen MR) is 247 cm³/mol. The van der Waals surface area contributed by atoms with Crippen LogP contribution in [0.15, 0.2) is 215 Å². The summed E-state index contributed by atoms with van der Waals surface area (Å²) in [5.74, 6) is 0.696. The van der Waals surface area contributed by atoms with Crippen LogP contribution in [0.3, 0.4) is 0 Å². The van der Waals surface area contributed by atoms with Crippen LogP contribution in [0.1, 0.15) is 0 Å². The van der Waals surface area contributed by atoms with E-state index in [0.29, 0.717) is 5.82 Å². The van der Waals surface area contributed by atoms with Crippen LogP contribution in [0.2, 0.25) is 0 Å². The molecule has 0 unspecified atom stereocenters. The standard InChI is InChI=1S/C56H34N2O2/c1-2-12-38(13-3-1)56-57-50(34-51(58-56)45-18-10-14-36-11-4-5-15-44(36)45)37-23-21-35(22-24-37)41-29-42(39-25-27-54-48(32-39)46-16-6-8-19-52(46)59-54)31-43(30-41)40-26-28-55-49(33-40)47-17-7-9-20-53(47)60-55/h1-34H. The molecule has 0 aliphatic rings. The molecule has 12 rings (SSSR count). The molecule has 0 amide bonds. The van der Waals surface area contributed by atoms with Gasteiger partial charge in [0.1, 0.15) is 22.3 Å². The van der Waals surface area contributed by atoms with Gasteiger partial charge in [-0.1, -0.05) is 146 Å². The van der Waals surface area contributed by atoms with Crippen LogP contribution in [-0.2, 0) is 0 Å². The van der Waals surface area contributed by atoms with Crippen LogP contribution in [-0.4, -0.2) is 9.97 Å². The van der Waals surface area contributed by atoms with Crippen molar-refractivity contribution in [2.75, 3.05) is 0 Å². The summed E-state index contributed by atoms with van der Waals surface area (Å²) in [6.45, 7) is 0. The molecule has 0 saturated heterocycles. The minimum Gasteiger partial charge on any atom is -0.456 e. The van der Waals surface area contributed by atoms with E-state index in [1.165, 1.54) is 5.39 Å². The molecule has 0 spiro atoms. The van der Waals surface area contributed by atoms with Crippen LogP contribution >= 0.6 is 0 Å². The van der Waals surface area contributed by atoms with Gasteiger partial charge in [-0.3, -0.25) is 0 Å². The molecule has 0 saturated carbocycles. The highest BCUT2D eigenvalue weighted by Crippen LogP contribution is 2.39. The molecule has 280 valence electrons. The van der Waals surface area contributed by atoms with E-state index in [2.05, 4.69) is 164 Å². The van der Waals surface area contributed by atoms with E-state index in [9.17, 15) is 0 Å². The first-order chi connectivity index (χ1) is 29.7. The average molecular weight is 767 g/mol. The molecule has 12 aromatic rings. The predicted octanol–water partition coefficient (Wildman–Crippen LogP) is 15.4. The van der Waals surface area contributed by atoms with Gasteiger partial charge in [0, 0.05) is 38.2 Å². The number of furan rings is 2. The average Bonchev–Trinajstić information content (AvgIpc) is 3.89. The fraction of sp³-hybridized carbons (Fsp3) is 0. The highest BCUT2D eigenvalue weighted by atomic mass is 16.3. The Bertz CT molecular complexity index is 3460. The van der Waals surface area contributed by atoms with Crippen molar-refractivity contribution >= 4 is 54.6 Å². The molecule has 3 aromatic heterocycles. The molecule has 3 heterocycles. The molecule has 9 aromatic carbocycles. The van der Waals surface area contributed by atoms with Crippen molar-refractivity contribution in [2.45, 2.75) is 0 Å². The van der Waals surface area contributed by atoms with Crippen molar-refractivity contribution in [1.29, 1.82) is 0 Å². The van der Waals surface area contributed by atoms with E-state index >= 15 is 0 Å². The van der Waals surface area contributed by atoms with Crippen molar-refractivity contribution in [2.24, 2.45) is 0 Å². The van der Waals surface area contributed by atoms with Crippen LogP contribution in [0.4, 0.5) is 0 Å². The van der Waals surface area contributed by atoms with Gasteiger partial charge < -0.3 is 8.83 Å². The van der Waals surface area contributed by atoms with Crippen LogP contribution in [0.25, 0.3) is 122 Å². The maximum Gasteiger partial charge on any atom is 0.160 e. The number of fused-ring (bicyclic) bond motifs is 7. The van der Waals surface area contributed by atoms with Crippen LogP contribution in [0, 0.1) is 0 Å². The van der Waals surface area contributed by atoms with E-state index in [4.69, 9.17) is 18.8 Å². The molecular formula is C56H34N2O2. The highest BCUT2D eigenvalue weighted by Gasteiger charge is 2.16. The number of benzene rings is 9. The fourth-order valence-corrected chi connectivity index (χ4v) is 8.67. The second-order valence-corrected chi connectivity index (χ2v) is 15.3. The third-order valence-corrected chi connectivity index (χ3v) is 11.7. The molecule has 0 fully saturated rings. The minimum atomic E-state index is 0.696. The molecule has 0 atom stereocenters. The smallest absolute Gasteiger partial charge is 0.160 e. The van der Waals surface area contributed by atoms with Gasteiger partial charge in [-0.2, -0.15) is 0 Å². The van der Waals surface area contributed by atoms with Crippen LogP contribution < -0.4 is 0 Å². The largest absolute Gasteiger partial charge is 0.456 e. The number of aromatic nitrogens is 2. The minimum absolute atomic E-state index is 0.696. The maximum atomic E-state index is 6.21. The summed E-state index contributed by atoms with van der Waals surface area (Å²) in [6.07, 6.45) is 0. The second-order valence-electron chi connectivity index (χ2n) is 15.3. The van der Waals surface area contributed by atoms with Crippen LogP contribution in [0.5, 0.6) is 0 Å². The summed E-state index contributed by atoms with van der Waals surface area (Å²) in [7, 11) is 0. The summed E-state index contributed by atoms with van der Waals surface area (Å²) in [4.78, 5) is 10.3. The Morgan fingerprint density at radius 1 is 0.267 bits per heavy atom. The molecular weight excluding hydrogens is 733 g/mol. The van der Waals surface area contributed by atoms with E-state index in [1.807, 2.05) is 42.5 Å².